The van der Waals surface area contributed by atoms with Crippen molar-refractivity contribution in [2.24, 2.45) is 0 Å². The van der Waals surface area contributed by atoms with Crippen molar-refractivity contribution in [1.29, 1.82) is 0 Å². The van der Waals surface area contributed by atoms with Gasteiger partial charge in [-0.05, 0) is 49.5 Å². The number of ketones is 2. The van der Waals surface area contributed by atoms with Crippen molar-refractivity contribution < 1.29 is 19.1 Å². The molecule has 0 atom stereocenters. The molecule has 6 nitrogen and oxygen atoms in total. The highest BCUT2D eigenvalue weighted by molar-refractivity contribution is 7.80. The van der Waals surface area contributed by atoms with Gasteiger partial charge in [-0.2, -0.15) is 0 Å². The van der Waals surface area contributed by atoms with E-state index in [2.05, 4.69) is 10.6 Å². The number of nitrogens with one attached hydrogen (secondary N) is 2. The van der Waals surface area contributed by atoms with E-state index in [0.717, 1.165) is 0 Å². The maximum absolute atomic E-state index is 13.1. The first-order chi connectivity index (χ1) is 15.0. The largest absolute Gasteiger partial charge is 0.462 e. The molecule has 0 saturated heterocycles. The average Bonchev–Trinajstić information content (AvgIpc) is 2.78. The summed E-state index contributed by atoms with van der Waals surface area (Å²) in [5.74, 6) is -0.814. The van der Waals surface area contributed by atoms with E-state index in [1.165, 1.54) is 0 Å². The van der Waals surface area contributed by atoms with E-state index in [9.17, 15) is 14.4 Å². The second kappa shape index (κ2) is 8.49. The third-order valence-corrected chi connectivity index (χ3v) is 5.06. The standard InChI is InChI=1S/C24H18N2O4S/c1-2-30-23(29)14-10-12-15(13-11-14)25-24(31)26-19-9-5-8-18-20(19)22(28)17-7-4-3-6-16(17)21(18)27/h3-13H,2H2,1H3,(H2,25,26,31). The highest BCUT2D eigenvalue weighted by Crippen LogP contribution is 2.32. The van der Waals surface area contributed by atoms with Crippen LogP contribution < -0.4 is 10.6 Å². The molecule has 7 heteroatoms. The van der Waals surface area contributed by atoms with Crippen molar-refractivity contribution in [3.05, 3.63) is 94.5 Å². The minimum absolute atomic E-state index is 0.192. The first-order valence-electron chi connectivity index (χ1n) is 9.66. The molecule has 0 fully saturated rings. The van der Waals surface area contributed by atoms with Gasteiger partial charge in [-0.25, -0.2) is 4.79 Å². The quantitative estimate of drug-likeness (QED) is 0.366. The molecule has 1 aliphatic carbocycles. The van der Waals surface area contributed by atoms with Crippen LogP contribution in [-0.4, -0.2) is 29.3 Å². The number of esters is 1. The number of hydrogen-bond acceptors (Lipinski definition) is 5. The van der Waals surface area contributed by atoms with Crippen LogP contribution in [-0.2, 0) is 4.74 Å². The van der Waals surface area contributed by atoms with Crippen molar-refractivity contribution in [3.63, 3.8) is 0 Å². The molecule has 0 radical (unpaired) electrons. The summed E-state index contributed by atoms with van der Waals surface area (Å²) in [6.07, 6.45) is 0. The SMILES string of the molecule is CCOC(=O)c1ccc(NC(=S)Nc2cccc3c2C(=O)c2ccccc2C3=O)cc1. The van der Waals surface area contributed by atoms with Gasteiger partial charge in [0.15, 0.2) is 16.7 Å². The molecule has 0 spiro atoms. The third-order valence-electron chi connectivity index (χ3n) is 4.85. The molecular weight excluding hydrogens is 412 g/mol. The molecule has 2 N–H and O–H groups in total. The Balaban J connectivity index is 1.54. The summed E-state index contributed by atoms with van der Waals surface area (Å²) >= 11 is 5.38. The van der Waals surface area contributed by atoms with Crippen LogP contribution in [0, 0.1) is 0 Å². The number of benzene rings is 3. The van der Waals surface area contributed by atoms with Gasteiger partial charge in [0.25, 0.3) is 0 Å². The fourth-order valence-electron chi connectivity index (χ4n) is 3.44. The Morgan fingerprint density at radius 3 is 2.16 bits per heavy atom. The molecule has 0 aliphatic heterocycles. The molecule has 0 aromatic heterocycles. The topological polar surface area (TPSA) is 84.5 Å². The highest BCUT2D eigenvalue weighted by Gasteiger charge is 2.31. The zero-order chi connectivity index (χ0) is 22.0. The molecule has 0 saturated carbocycles. The van der Waals surface area contributed by atoms with Gasteiger partial charge in [-0.3, -0.25) is 9.59 Å². The lowest BCUT2D eigenvalue weighted by Gasteiger charge is -2.21. The van der Waals surface area contributed by atoms with Gasteiger partial charge < -0.3 is 15.4 Å². The van der Waals surface area contributed by atoms with Crippen LogP contribution in [0.2, 0.25) is 0 Å². The molecule has 0 bridgehead atoms. The molecular formula is C24H18N2O4S. The summed E-state index contributed by atoms with van der Waals surface area (Å²) in [5, 5.41) is 6.27. The average molecular weight is 430 g/mol. The van der Waals surface area contributed by atoms with Gasteiger partial charge in [0.2, 0.25) is 0 Å². The van der Waals surface area contributed by atoms with Crippen LogP contribution in [0.15, 0.2) is 66.7 Å². The smallest absolute Gasteiger partial charge is 0.338 e. The second-order valence-electron chi connectivity index (χ2n) is 6.81. The van der Waals surface area contributed by atoms with Crippen LogP contribution in [0.25, 0.3) is 0 Å². The minimum atomic E-state index is -0.394. The summed E-state index contributed by atoms with van der Waals surface area (Å²) in [6.45, 7) is 2.05. The predicted molar refractivity (Wildman–Crippen MR) is 122 cm³/mol. The van der Waals surface area contributed by atoms with Gasteiger partial charge >= 0.3 is 5.97 Å². The first-order valence-corrected chi connectivity index (χ1v) is 10.1. The number of ether oxygens (including phenoxy) is 1. The Labute approximate surface area is 184 Å². The molecule has 1 aliphatic rings. The number of carbonyl (C=O) groups excluding carboxylic acids is 3. The highest BCUT2D eigenvalue weighted by atomic mass is 32.1. The van der Waals surface area contributed by atoms with Crippen molar-refractivity contribution in [2.75, 3.05) is 17.2 Å². The Morgan fingerprint density at radius 1 is 0.839 bits per heavy atom. The van der Waals surface area contributed by atoms with Crippen LogP contribution in [0.4, 0.5) is 11.4 Å². The molecule has 0 unspecified atom stereocenters. The van der Waals surface area contributed by atoms with Gasteiger partial charge in [0.05, 0.1) is 23.4 Å². The number of hydrogen-bond donors (Lipinski definition) is 2. The molecule has 154 valence electrons. The van der Waals surface area contributed by atoms with Gasteiger partial charge in [0.1, 0.15) is 0 Å². The normalized spacial score (nSPS) is 11.9. The summed E-state index contributed by atoms with van der Waals surface area (Å²) in [5.41, 5.74) is 2.96. The molecule has 31 heavy (non-hydrogen) atoms. The van der Waals surface area contributed by atoms with Crippen LogP contribution >= 0.6 is 12.2 Å². The lowest BCUT2D eigenvalue weighted by Crippen LogP contribution is -2.25. The fourth-order valence-corrected chi connectivity index (χ4v) is 3.67. The molecule has 4 rings (SSSR count). The van der Waals surface area contributed by atoms with E-state index in [-0.39, 0.29) is 16.7 Å². The van der Waals surface area contributed by atoms with E-state index < -0.39 is 5.97 Å². The van der Waals surface area contributed by atoms with E-state index in [1.54, 1.807) is 73.7 Å². The second-order valence-corrected chi connectivity index (χ2v) is 7.22. The van der Waals surface area contributed by atoms with Gasteiger partial charge in [-0.15, -0.1) is 0 Å². The number of thiocarbonyl (C=S) groups is 1. The Morgan fingerprint density at radius 2 is 1.48 bits per heavy atom. The number of carbonyl (C=O) groups is 3. The fraction of sp³-hybridized carbons (Fsp3) is 0.0833. The molecule has 0 heterocycles. The Hall–Kier alpha value is -3.84. The van der Waals surface area contributed by atoms with E-state index in [0.29, 0.717) is 45.8 Å². The number of anilines is 2. The predicted octanol–water partition coefficient (Wildman–Crippen LogP) is 4.45. The zero-order valence-corrected chi connectivity index (χ0v) is 17.4. The molecule has 3 aromatic carbocycles. The van der Waals surface area contributed by atoms with Crippen LogP contribution in [0.5, 0.6) is 0 Å². The third kappa shape index (κ3) is 3.95. The summed E-state index contributed by atoms with van der Waals surface area (Å²) in [7, 11) is 0. The van der Waals surface area contributed by atoms with Crippen LogP contribution in [0.1, 0.15) is 49.1 Å². The zero-order valence-electron chi connectivity index (χ0n) is 16.6. The van der Waals surface area contributed by atoms with E-state index in [1.807, 2.05) is 0 Å². The molecule has 3 aromatic rings. The Bertz CT molecular complexity index is 1220. The van der Waals surface area contributed by atoms with E-state index >= 15 is 0 Å². The van der Waals surface area contributed by atoms with Gasteiger partial charge in [0, 0.05) is 22.4 Å². The summed E-state index contributed by atoms with van der Waals surface area (Å²) < 4.78 is 4.97. The lowest BCUT2D eigenvalue weighted by atomic mass is 9.83. The Kier molecular flexibility index (Phi) is 5.60. The van der Waals surface area contributed by atoms with Crippen molar-refractivity contribution in [3.8, 4) is 0 Å². The lowest BCUT2D eigenvalue weighted by molar-refractivity contribution is 0.0526. The molecule has 0 amide bonds. The van der Waals surface area contributed by atoms with Gasteiger partial charge in [-0.1, -0.05) is 36.4 Å². The maximum Gasteiger partial charge on any atom is 0.338 e. The summed E-state index contributed by atoms with van der Waals surface area (Å²) in [6, 6.07) is 18.5. The van der Waals surface area contributed by atoms with Crippen LogP contribution in [0.3, 0.4) is 0 Å². The maximum atomic E-state index is 13.1. The minimum Gasteiger partial charge on any atom is -0.462 e. The van der Waals surface area contributed by atoms with E-state index in [4.69, 9.17) is 17.0 Å². The van der Waals surface area contributed by atoms with Crippen molar-refractivity contribution >= 4 is 46.2 Å². The summed E-state index contributed by atoms with van der Waals surface area (Å²) in [4.78, 5) is 37.7. The number of fused-ring (bicyclic) bond motifs is 2. The number of rotatable bonds is 4. The first kappa shape index (κ1) is 20.4. The van der Waals surface area contributed by atoms with Crippen molar-refractivity contribution in [1.82, 2.24) is 0 Å². The van der Waals surface area contributed by atoms with Crippen molar-refractivity contribution in [2.45, 2.75) is 6.92 Å². The monoisotopic (exact) mass is 430 g/mol.